The molecule has 0 nitrogen and oxygen atoms in total. The normalized spacial score (nSPS) is 10.6. The summed E-state index contributed by atoms with van der Waals surface area (Å²) >= 11 is 0. The summed E-state index contributed by atoms with van der Waals surface area (Å²) in [5, 5.41) is 0. The van der Waals surface area contributed by atoms with E-state index in [1.54, 1.807) is 0 Å². The van der Waals surface area contributed by atoms with Crippen LogP contribution in [0.3, 0.4) is 0 Å². The molecular formula is C16H31. The maximum absolute atomic E-state index is 3.69. The molecule has 95 valence electrons. The van der Waals surface area contributed by atoms with Crippen molar-refractivity contribution in [2.75, 3.05) is 0 Å². The number of allylic oxidation sites excluding steroid dienone is 1. The lowest BCUT2D eigenvalue weighted by Crippen LogP contribution is -1.82. The predicted molar refractivity (Wildman–Crippen MR) is 75.6 cm³/mol. The Balaban J connectivity index is 2.85. The molecule has 1 radical (unpaired) electrons. The molecule has 0 aliphatic rings. The minimum Gasteiger partial charge on any atom is -0.103 e. The summed E-state index contributed by atoms with van der Waals surface area (Å²) in [4.78, 5) is 0. The molecule has 0 amide bonds. The molecule has 0 aromatic rings. The van der Waals surface area contributed by atoms with E-state index >= 15 is 0 Å². The number of rotatable bonds is 13. The quantitative estimate of drug-likeness (QED) is 0.332. The SMILES string of the molecule is C=C[CH]CCCCCCCCCCCCC. The maximum Gasteiger partial charge on any atom is -0.0173 e. The van der Waals surface area contributed by atoms with E-state index in [2.05, 4.69) is 19.9 Å². The first-order valence-corrected chi connectivity index (χ1v) is 7.36. The van der Waals surface area contributed by atoms with Crippen LogP contribution < -0.4 is 0 Å². The Morgan fingerprint density at radius 3 is 1.56 bits per heavy atom. The van der Waals surface area contributed by atoms with Crippen LogP contribution in [0.2, 0.25) is 0 Å². The molecule has 0 spiro atoms. The summed E-state index contributed by atoms with van der Waals surface area (Å²) in [7, 11) is 0. The average Bonchev–Trinajstić information content (AvgIpc) is 2.31. The zero-order valence-corrected chi connectivity index (χ0v) is 11.3. The first-order valence-electron chi connectivity index (χ1n) is 7.36. The summed E-state index contributed by atoms with van der Waals surface area (Å²) < 4.78 is 0. The van der Waals surface area contributed by atoms with Gasteiger partial charge in [-0.1, -0.05) is 83.6 Å². The molecule has 0 aliphatic heterocycles. The van der Waals surface area contributed by atoms with E-state index in [0.29, 0.717) is 0 Å². The Morgan fingerprint density at radius 1 is 0.688 bits per heavy atom. The standard InChI is InChI=1S/C16H31/c1-3-5-7-9-11-13-15-16-14-12-10-8-6-4-2/h3,5H,1,4,6-16H2,2H3. The summed E-state index contributed by atoms with van der Waals surface area (Å²) in [5.74, 6) is 0. The summed E-state index contributed by atoms with van der Waals surface area (Å²) in [5.41, 5.74) is 0. The van der Waals surface area contributed by atoms with Gasteiger partial charge in [0.1, 0.15) is 0 Å². The first kappa shape index (κ1) is 15.7. The van der Waals surface area contributed by atoms with Crippen molar-refractivity contribution >= 4 is 0 Å². The molecule has 0 saturated heterocycles. The van der Waals surface area contributed by atoms with Crippen LogP contribution >= 0.6 is 0 Å². The van der Waals surface area contributed by atoms with Gasteiger partial charge in [-0.3, -0.25) is 0 Å². The third-order valence-corrected chi connectivity index (χ3v) is 3.14. The van der Waals surface area contributed by atoms with E-state index in [-0.39, 0.29) is 0 Å². The van der Waals surface area contributed by atoms with Crippen LogP contribution in [0.5, 0.6) is 0 Å². The molecule has 0 heteroatoms. The topological polar surface area (TPSA) is 0 Å². The van der Waals surface area contributed by atoms with Crippen molar-refractivity contribution in [1.82, 2.24) is 0 Å². The van der Waals surface area contributed by atoms with Crippen molar-refractivity contribution in [2.45, 2.75) is 84.0 Å². The van der Waals surface area contributed by atoms with Crippen molar-refractivity contribution in [3.63, 3.8) is 0 Å². The highest BCUT2D eigenvalue weighted by atomic mass is 14.0. The highest BCUT2D eigenvalue weighted by molar-refractivity contribution is 4.85. The first-order chi connectivity index (χ1) is 7.91. The highest BCUT2D eigenvalue weighted by Gasteiger charge is 1.92. The fourth-order valence-electron chi connectivity index (χ4n) is 2.04. The highest BCUT2D eigenvalue weighted by Crippen LogP contribution is 2.12. The van der Waals surface area contributed by atoms with Crippen LogP contribution in [0.4, 0.5) is 0 Å². The van der Waals surface area contributed by atoms with Gasteiger partial charge in [-0.05, 0) is 12.8 Å². The predicted octanol–water partition coefficient (Wildman–Crippen LogP) is 6.08. The molecule has 0 unspecified atom stereocenters. The van der Waals surface area contributed by atoms with Gasteiger partial charge in [-0.15, -0.1) is 6.58 Å². The Morgan fingerprint density at radius 2 is 1.12 bits per heavy atom. The van der Waals surface area contributed by atoms with Gasteiger partial charge in [0.05, 0.1) is 0 Å². The summed E-state index contributed by atoms with van der Waals surface area (Å²) in [6, 6.07) is 0. The van der Waals surface area contributed by atoms with Gasteiger partial charge < -0.3 is 0 Å². The second-order valence-corrected chi connectivity index (χ2v) is 4.80. The van der Waals surface area contributed by atoms with Gasteiger partial charge in [-0.2, -0.15) is 0 Å². The van der Waals surface area contributed by atoms with E-state index < -0.39 is 0 Å². The second kappa shape index (κ2) is 14.7. The second-order valence-electron chi connectivity index (χ2n) is 4.80. The Kier molecular flexibility index (Phi) is 14.5. The van der Waals surface area contributed by atoms with Crippen LogP contribution in [0.15, 0.2) is 12.7 Å². The van der Waals surface area contributed by atoms with Crippen molar-refractivity contribution < 1.29 is 0 Å². The van der Waals surface area contributed by atoms with Crippen LogP contribution in [0, 0.1) is 6.42 Å². The lowest BCUT2D eigenvalue weighted by Gasteiger charge is -2.01. The zero-order valence-electron chi connectivity index (χ0n) is 11.3. The Labute approximate surface area is 104 Å². The molecule has 0 fully saturated rings. The summed E-state index contributed by atoms with van der Waals surface area (Å²) in [6.07, 6.45) is 21.0. The van der Waals surface area contributed by atoms with Gasteiger partial charge in [0.2, 0.25) is 0 Å². The molecule has 0 aromatic heterocycles. The van der Waals surface area contributed by atoms with E-state index in [1.165, 1.54) is 77.0 Å². The van der Waals surface area contributed by atoms with Crippen LogP contribution in [0.1, 0.15) is 84.0 Å². The lowest BCUT2D eigenvalue weighted by molar-refractivity contribution is 0.549. The third-order valence-electron chi connectivity index (χ3n) is 3.14. The van der Waals surface area contributed by atoms with E-state index in [1.807, 2.05) is 6.08 Å². The number of unbranched alkanes of at least 4 members (excludes halogenated alkanes) is 12. The molecule has 0 aromatic carbocycles. The molecule has 0 rings (SSSR count). The van der Waals surface area contributed by atoms with Crippen molar-refractivity contribution in [3.05, 3.63) is 19.1 Å². The molecule has 16 heavy (non-hydrogen) atoms. The largest absolute Gasteiger partial charge is 0.103 e. The van der Waals surface area contributed by atoms with Crippen molar-refractivity contribution in [2.24, 2.45) is 0 Å². The number of hydrogen-bond acceptors (Lipinski definition) is 0. The van der Waals surface area contributed by atoms with Crippen molar-refractivity contribution in [1.29, 1.82) is 0 Å². The minimum atomic E-state index is 1.22. The minimum absolute atomic E-state index is 1.22. The van der Waals surface area contributed by atoms with Crippen LogP contribution in [0.25, 0.3) is 0 Å². The van der Waals surface area contributed by atoms with Gasteiger partial charge >= 0.3 is 0 Å². The molecule has 0 atom stereocenters. The smallest absolute Gasteiger partial charge is 0.0173 e. The Bertz CT molecular complexity index is 126. The molecule has 0 saturated carbocycles. The molecule has 0 heterocycles. The van der Waals surface area contributed by atoms with Gasteiger partial charge in [0.25, 0.3) is 0 Å². The summed E-state index contributed by atoms with van der Waals surface area (Å²) in [6.45, 7) is 5.98. The fourth-order valence-corrected chi connectivity index (χ4v) is 2.04. The average molecular weight is 223 g/mol. The fraction of sp³-hybridized carbons (Fsp3) is 0.812. The van der Waals surface area contributed by atoms with Gasteiger partial charge in [0, 0.05) is 0 Å². The van der Waals surface area contributed by atoms with Crippen molar-refractivity contribution in [3.8, 4) is 0 Å². The molecule has 0 aliphatic carbocycles. The Hall–Kier alpha value is -0.260. The van der Waals surface area contributed by atoms with Gasteiger partial charge in [0.15, 0.2) is 0 Å². The van der Waals surface area contributed by atoms with E-state index in [0.717, 1.165) is 0 Å². The van der Waals surface area contributed by atoms with E-state index in [4.69, 9.17) is 0 Å². The lowest BCUT2D eigenvalue weighted by atomic mass is 10.0. The van der Waals surface area contributed by atoms with Crippen LogP contribution in [-0.4, -0.2) is 0 Å². The maximum atomic E-state index is 3.69. The van der Waals surface area contributed by atoms with Gasteiger partial charge in [-0.25, -0.2) is 0 Å². The molecule has 0 N–H and O–H groups in total. The monoisotopic (exact) mass is 223 g/mol. The molecule has 0 bridgehead atoms. The third kappa shape index (κ3) is 13.7. The number of hydrogen-bond donors (Lipinski definition) is 0. The zero-order chi connectivity index (χ0) is 11.9. The molecular weight excluding hydrogens is 192 g/mol. The van der Waals surface area contributed by atoms with E-state index in [9.17, 15) is 0 Å². The van der Waals surface area contributed by atoms with Crippen LogP contribution in [-0.2, 0) is 0 Å².